The molecule has 0 fully saturated rings. The lowest BCUT2D eigenvalue weighted by molar-refractivity contribution is 0.194. The van der Waals surface area contributed by atoms with E-state index in [2.05, 4.69) is 4.98 Å². The Balaban J connectivity index is 3.09. The van der Waals surface area contributed by atoms with Crippen molar-refractivity contribution in [2.75, 3.05) is 0 Å². The van der Waals surface area contributed by atoms with Crippen LogP contribution in [0.15, 0.2) is 12.3 Å². The van der Waals surface area contributed by atoms with Crippen LogP contribution in [0.2, 0.25) is 10.0 Å². The average Bonchev–Trinajstić information content (AvgIpc) is 1.85. The van der Waals surface area contributed by atoms with E-state index in [-0.39, 0.29) is 0 Å². The minimum Gasteiger partial charge on any atom is -0.387 e. The second-order valence-electron chi connectivity index (χ2n) is 2.20. The highest BCUT2D eigenvalue weighted by Gasteiger charge is 2.07. The van der Waals surface area contributed by atoms with Crippen molar-refractivity contribution in [3.05, 3.63) is 28.0 Å². The lowest BCUT2D eigenvalue weighted by Gasteiger charge is -2.04. The number of hydrogen-bond donors (Lipinski definition) is 1. The van der Waals surface area contributed by atoms with Gasteiger partial charge in [-0.05, 0) is 13.0 Å². The van der Waals surface area contributed by atoms with E-state index in [1.54, 1.807) is 13.0 Å². The molecule has 0 aromatic carbocycles. The Labute approximate surface area is 74.8 Å². The molecule has 4 heteroatoms. The van der Waals surface area contributed by atoms with Gasteiger partial charge in [0.1, 0.15) is 0 Å². The molecule has 0 aliphatic rings. The number of aliphatic hydroxyl groups excluding tert-OH is 1. The molecule has 0 radical (unpaired) electrons. The molecule has 1 aromatic heterocycles. The van der Waals surface area contributed by atoms with Crippen molar-refractivity contribution >= 4 is 23.2 Å². The van der Waals surface area contributed by atoms with E-state index in [0.717, 1.165) is 0 Å². The van der Waals surface area contributed by atoms with Crippen molar-refractivity contribution in [3.8, 4) is 0 Å². The topological polar surface area (TPSA) is 33.1 Å². The number of halogens is 2. The van der Waals surface area contributed by atoms with E-state index < -0.39 is 6.10 Å². The molecule has 0 amide bonds. The Morgan fingerprint density at radius 3 is 2.64 bits per heavy atom. The molecule has 1 rings (SSSR count). The molecule has 2 nitrogen and oxygen atoms in total. The Morgan fingerprint density at radius 2 is 2.18 bits per heavy atom. The Morgan fingerprint density at radius 1 is 1.55 bits per heavy atom. The molecule has 1 N–H and O–H groups in total. The Bertz CT molecular complexity index is 263. The molecule has 60 valence electrons. The van der Waals surface area contributed by atoms with Crippen molar-refractivity contribution in [3.63, 3.8) is 0 Å². The van der Waals surface area contributed by atoms with Gasteiger partial charge in [0.2, 0.25) is 0 Å². The van der Waals surface area contributed by atoms with Gasteiger partial charge in [-0.1, -0.05) is 23.2 Å². The van der Waals surface area contributed by atoms with Gasteiger partial charge in [-0.3, -0.25) is 4.98 Å². The SMILES string of the molecule is C[C@@H](O)c1ncc(Cl)cc1Cl. The normalized spacial score (nSPS) is 13.1. The van der Waals surface area contributed by atoms with E-state index in [0.29, 0.717) is 15.7 Å². The third kappa shape index (κ3) is 2.06. The molecule has 1 atom stereocenters. The summed E-state index contributed by atoms with van der Waals surface area (Å²) in [5.41, 5.74) is 0.455. The van der Waals surface area contributed by atoms with Crippen molar-refractivity contribution < 1.29 is 5.11 Å². The van der Waals surface area contributed by atoms with Crippen LogP contribution in [0.25, 0.3) is 0 Å². The summed E-state index contributed by atoms with van der Waals surface area (Å²) >= 11 is 11.3. The van der Waals surface area contributed by atoms with Gasteiger partial charge >= 0.3 is 0 Å². The summed E-state index contributed by atoms with van der Waals surface area (Å²) in [6.45, 7) is 1.60. The minimum absolute atomic E-state index is 0.396. The maximum absolute atomic E-state index is 9.11. The maximum Gasteiger partial charge on any atom is 0.0946 e. The van der Waals surface area contributed by atoms with Crippen LogP contribution in [0.5, 0.6) is 0 Å². The molecule has 0 saturated carbocycles. The van der Waals surface area contributed by atoms with E-state index in [1.807, 2.05) is 0 Å². The molecule has 11 heavy (non-hydrogen) atoms. The number of nitrogens with zero attached hydrogens (tertiary/aromatic N) is 1. The number of aromatic nitrogens is 1. The van der Waals surface area contributed by atoms with Gasteiger partial charge in [0.15, 0.2) is 0 Å². The van der Waals surface area contributed by atoms with Gasteiger partial charge in [0.25, 0.3) is 0 Å². The van der Waals surface area contributed by atoms with Crippen molar-refractivity contribution in [1.82, 2.24) is 4.98 Å². The van der Waals surface area contributed by atoms with Crippen LogP contribution in [0, 0.1) is 0 Å². The third-order valence-corrected chi connectivity index (χ3v) is 1.74. The van der Waals surface area contributed by atoms with Gasteiger partial charge in [0.05, 0.1) is 21.8 Å². The van der Waals surface area contributed by atoms with Crippen LogP contribution < -0.4 is 0 Å². The van der Waals surface area contributed by atoms with Crippen LogP contribution in [-0.4, -0.2) is 10.1 Å². The summed E-state index contributed by atoms with van der Waals surface area (Å²) in [7, 11) is 0. The van der Waals surface area contributed by atoms with Crippen molar-refractivity contribution in [1.29, 1.82) is 0 Å². The summed E-state index contributed by atoms with van der Waals surface area (Å²) < 4.78 is 0. The first kappa shape index (κ1) is 8.78. The third-order valence-electron chi connectivity index (χ3n) is 1.23. The van der Waals surface area contributed by atoms with Crippen molar-refractivity contribution in [2.24, 2.45) is 0 Å². The molecule has 0 saturated heterocycles. The van der Waals surface area contributed by atoms with Crippen molar-refractivity contribution in [2.45, 2.75) is 13.0 Å². The fraction of sp³-hybridized carbons (Fsp3) is 0.286. The summed E-state index contributed by atoms with van der Waals surface area (Å²) in [6, 6.07) is 1.55. The van der Waals surface area contributed by atoms with Crippen LogP contribution in [-0.2, 0) is 0 Å². The molecule has 0 unspecified atom stereocenters. The molecular formula is C7H7Cl2NO. The van der Waals surface area contributed by atoms with Crippen LogP contribution in [0.3, 0.4) is 0 Å². The summed E-state index contributed by atoms with van der Waals surface area (Å²) in [4.78, 5) is 3.86. The molecule has 0 bridgehead atoms. The van der Waals surface area contributed by atoms with Gasteiger partial charge in [-0.15, -0.1) is 0 Å². The first-order valence-electron chi connectivity index (χ1n) is 3.10. The Kier molecular flexibility index (Phi) is 2.71. The monoisotopic (exact) mass is 191 g/mol. The van der Waals surface area contributed by atoms with Crippen LogP contribution in [0.4, 0.5) is 0 Å². The van der Waals surface area contributed by atoms with E-state index in [1.165, 1.54) is 6.20 Å². The second kappa shape index (κ2) is 3.39. The highest BCUT2D eigenvalue weighted by molar-refractivity contribution is 6.34. The highest BCUT2D eigenvalue weighted by Crippen LogP contribution is 2.22. The number of hydrogen-bond acceptors (Lipinski definition) is 2. The van der Waals surface area contributed by atoms with E-state index in [9.17, 15) is 0 Å². The zero-order chi connectivity index (χ0) is 8.43. The number of pyridine rings is 1. The molecule has 0 aliphatic carbocycles. The standard InChI is InChI=1S/C7H7Cl2NO/c1-4(11)7-6(9)2-5(8)3-10-7/h2-4,11H,1H3/t4-/m1/s1. The second-order valence-corrected chi connectivity index (χ2v) is 3.04. The van der Waals surface area contributed by atoms with E-state index in [4.69, 9.17) is 28.3 Å². The molecule has 1 heterocycles. The smallest absolute Gasteiger partial charge is 0.0946 e. The van der Waals surface area contributed by atoms with Crippen LogP contribution >= 0.6 is 23.2 Å². The number of rotatable bonds is 1. The van der Waals surface area contributed by atoms with Gasteiger partial charge in [-0.25, -0.2) is 0 Å². The zero-order valence-corrected chi connectivity index (χ0v) is 7.39. The molecule has 0 aliphatic heterocycles. The van der Waals surface area contributed by atoms with Gasteiger partial charge in [0, 0.05) is 6.20 Å². The summed E-state index contributed by atoms with van der Waals surface area (Å²) in [6.07, 6.45) is 0.801. The quantitative estimate of drug-likeness (QED) is 0.741. The van der Waals surface area contributed by atoms with Gasteiger partial charge < -0.3 is 5.11 Å². The lowest BCUT2D eigenvalue weighted by atomic mass is 10.2. The minimum atomic E-state index is -0.653. The predicted octanol–water partition coefficient (Wildman–Crippen LogP) is 2.44. The summed E-state index contributed by atoms with van der Waals surface area (Å²) in [5, 5.41) is 9.97. The highest BCUT2D eigenvalue weighted by atomic mass is 35.5. The molecule has 1 aromatic rings. The van der Waals surface area contributed by atoms with E-state index >= 15 is 0 Å². The molecular weight excluding hydrogens is 185 g/mol. The maximum atomic E-state index is 9.11. The predicted molar refractivity (Wildman–Crippen MR) is 44.9 cm³/mol. The average molecular weight is 192 g/mol. The summed E-state index contributed by atoms with van der Waals surface area (Å²) in [5.74, 6) is 0. The fourth-order valence-electron chi connectivity index (χ4n) is 0.733. The lowest BCUT2D eigenvalue weighted by Crippen LogP contribution is -1.95. The number of aliphatic hydroxyl groups is 1. The fourth-order valence-corrected chi connectivity index (χ4v) is 1.27. The van der Waals surface area contributed by atoms with Crippen LogP contribution in [0.1, 0.15) is 18.7 Å². The van der Waals surface area contributed by atoms with Gasteiger partial charge in [-0.2, -0.15) is 0 Å². The Hall–Kier alpha value is -0.310. The zero-order valence-electron chi connectivity index (χ0n) is 5.88. The largest absolute Gasteiger partial charge is 0.387 e. The first-order valence-corrected chi connectivity index (χ1v) is 3.86. The first-order chi connectivity index (χ1) is 5.11. The molecule has 0 spiro atoms.